The maximum Gasteiger partial charge on any atom is 0.0922 e. The summed E-state index contributed by atoms with van der Waals surface area (Å²) in [5.74, 6) is 0. The number of hydrogen-bond acceptors (Lipinski definition) is 4. The number of hydrogen-bond donors (Lipinski definition) is 2. The monoisotopic (exact) mass is 213 g/mol. The van der Waals surface area contributed by atoms with Crippen LogP contribution in [0.15, 0.2) is 16.8 Å². The molecule has 2 atom stereocenters. The van der Waals surface area contributed by atoms with Gasteiger partial charge in [-0.2, -0.15) is 11.3 Å². The van der Waals surface area contributed by atoms with E-state index in [0.717, 1.165) is 25.2 Å². The molecular weight excluding hydrogens is 198 g/mol. The van der Waals surface area contributed by atoms with Crippen molar-refractivity contribution in [3.8, 4) is 0 Å². The number of rotatable bonds is 4. The molecule has 1 aliphatic rings. The predicted molar refractivity (Wildman–Crippen MR) is 56.5 cm³/mol. The van der Waals surface area contributed by atoms with Crippen molar-refractivity contribution in [2.75, 3.05) is 19.8 Å². The molecule has 1 aromatic heterocycles. The molecule has 2 unspecified atom stereocenters. The van der Waals surface area contributed by atoms with Gasteiger partial charge in [-0.05, 0) is 28.8 Å². The second-order valence-corrected chi connectivity index (χ2v) is 4.32. The summed E-state index contributed by atoms with van der Waals surface area (Å²) in [6, 6.07) is 2.38. The second-order valence-electron chi connectivity index (χ2n) is 3.54. The number of nitrogens with one attached hydrogen (secondary N) is 1. The Labute approximate surface area is 87.7 Å². The highest BCUT2D eigenvalue weighted by Gasteiger charge is 2.16. The van der Waals surface area contributed by atoms with Crippen LogP contribution in [-0.2, 0) is 4.74 Å². The van der Waals surface area contributed by atoms with Gasteiger partial charge < -0.3 is 15.2 Å². The van der Waals surface area contributed by atoms with E-state index in [0.29, 0.717) is 12.6 Å². The summed E-state index contributed by atoms with van der Waals surface area (Å²) in [7, 11) is 0. The van der Waals surface area contributed by atoms with Crippen LogP contribution in [0.4, 0.5) is 0 Å². The lowest BCUT2D eigenvalue weighted by Crippen LogP contribution is -2.32. The van der Waals surface area contributed by atoms with Gasteiger partial charge in [-0.25, -0.2) is 0 Å². The van der Waals surface area contributed by atoms with Gasteiger partial charge in [0.25, 0.3) is 0 Å². The van der Waals surface area contributed by atoms with Crippen LogP contribution >= 0.6 is 11.3 Å². The Bertz CT molecular complexity index is 257. The van der Waals surface area contributed by atoms with Crippen molar-refractivity contribution in [1.29, 1.82) is 0 Å². The normalized spacial score (nSPS) is 23.9. The first-order chi connectivity index (χ1) is 6.86. The van der Waals surface area contributed by atoms with Gasteiger partial charge in [0.05, 0.1) is 12.7 Å². The average molecular weight is 213 g/mol. The van der Waals surface area contributed by atoms with Gasteiger partial charge in [0.1, 0.15) is 0 Å². The summed E-state index contributed by atoms with van der Waals surface area (Å²) in [5.41, 5.74) is 1.00. The molecule has 2 heterocycles. The molecule has 1 aliphatic heterocycles. The van der Waals surface area contributed by atoms with Gasteiger partial charge in [0.15, 0.2) is 0 Å². The Morgan fingerprint density at radius 2 is 2.64 bits per heavy atom. The van der Waals surface area contributed by atoms with Crippen LogP contribution in [-0.4, -0.2) is 30.9 Å². The van der Waals surface area contributed by atoms with E-state index >= 15 is 0 Å². The van der Waals surface area contributed by atoms with Crippen molar-refractivity contribution in [3.05, 3.63) is 22.4 Å². The van der Waals surface area contributed by atoms with Crippen LogP contribution < -0.4 is 5.32 Å². The Hall–Kier alpha value is -0.420. The highest BCUT2D eigenvalue weighted by molar-refractivity contribution is 7.07. The summed E-state index contributed by atoms with van der Waals surface area (Å²) >= 11 is 1.61. The molecule has 1 saturated heterocycles. The summed E-state index contributed by atoms with van der Waals surface area (Å²) in [4.78, 5) is 0. The van der Waals surface area contributed by atoms with E-state index in [2.05, 4.69) is 5.32 Å². The van der Waals surface area contributed by atoms with Crippen molar-refractivity contribution in [1.82, 2.24) is 5.32 Å². The Morgan fingerprint density at radius 3 is 3.29 bits per heavy atom. The van der Waals surface area contributed by atoms with Crippen molar-refractivity contribution in [2.24, 2.45) is 0 Å². The first kappa shape index (κ1) is 10.1. The standard InChI is InChI=1S/C10H15NO2S/c12-10(8-2-4-14-7-8)5-11-9-1-3-13-6-9/h2,4,7,9-12H,1,3,5-6H2. The third kappa shape index (κ3) is 2.54. The molecule has 3 nitrogen and oxygen atoms in total. The molecule has 2 rings (SSSR count). The van der Waals surface area contributed by atoms with E-state index in [1.54, 1.807) is 11.3 Å². The molecule has 2 N–H and O–H groups in total. The molecule has 0 amide bonds. The van der Waals surface area contributed by atoms with E-state index < -0.39 is 0 Å². The van der Waals surface area contributed by atoms with Crippen LogP contribution in [0.1, 0.15) is 18.1 Å². The highest BCUT2D eigenvalue weighted by atomic mass is 32.1. The summed E-state index contributed by atoms with van der Waals surface area (Å²) in [5, 5.41) is 17.0. The van der Waals surface area contributed by atoms with Crippen molar-refractivity contribution < 1.29 is 9.84 Å². The van der Waals surface area contributed by atoms with Gasteiger partial charge in [-0.15, -0.1) is 0 Å². The molecule has 0 spiro atoms. The van der Waals surface area contributed by atoms with Crippen LogP contribution in [0.2, 0.25) is 0 Å². The second kappa shape index (κ2) is 4.89. The first-order valence-electron chi connectivity index (χ1n) is 4.87. The zero-order chi connectivity index (χ0) is 9.80. The molecule has 0 aromatic carbocycles. The first-order valence-corrected chi connectivity index (χ1v) is 5.82. The number of ether oxygens (including phenoxy) is 1. The van der Waals surface area contributed by atoms with Crippen molar-refractivity contribution >= 4 is 11.3 Å². The molecule has 0 bridgehead atoms. The Kier molecular flexibility index (Phi) is 3.53. The van der Waals surface area contributed by atoms with Crippen molar-refractivity contribution in [3.63, 3.8) is 0 Å². The van der Waals surface area contributed by atoms with E-state index in [9.17, 15) is 5.11 Å². The lowest BCUT2D eigenvalue weighted by atomic mass is 10.2. The SMILES string of the molecule is OC(CNC1CCOC1)c1ccsc1. The summed E-state index contributed by atoms with van der Waals surface area (Å²) < 4.78 is 5.24. The predicted octanol–water partition coefficient (Wildman–Crippen LogP) is 1.16. The number of aliphatic hydroxyl groups is 1. The minimum absolute atomic E-state index is 0.387. The third-order valence-corrected chi connectivity index (χ3v) is 3.16. The molecule has 1 fully saturated rings. The lowest BCUT2D eigenvalue weighted by Gasteiger charge is -2.14. The molecule has 1 aromatic rings. The van der Waals surface area contributed by atoms with Gasteiger partial charge in [0.2, 0.25) is 0 Å². The largest absolute Gasteiger partial charge is 0.387 e. The maximum atomic E-state index is 9.77. The van der Waals surface area contributed by atoms with Crippen LogP contribution in [0.5, 0.6) is 0 Å². The summed E-state index contributed by atoms with van der Waals surface area (Å²) in [6.07, 6.45) is 0.665. The lowest BCUT2D eigenvalue weighted by molar-refractivity contribution is 0.161. The molecule has 0 aliphatic carbocycles. The molecule has 78 valence electrons. The average Bonchev–Trinajstić information content (AvgIpc) is 2.87. The fraction of sp³-hybridized carbons (Fsp3) is 0.600. The van der Waals surface area contributed by atoms with Gasteiger partial charge in [-0.3, -0.25) is 0 Å². The molecular formula is C10H15NO2S. The quantitative estimate of drug-likeness (QED) is 0.788. The van der Waals surface area contributed by atoms with E-state index in [1.807, 2.05) is 16.8 Å². The van der Waals surface area contributed by atoms with Crippen molar-refractivity contribution in [2.45, 2.75) is 18.6 Å². The third-order valence-electron chi connectivity index (χ3n) is 2.46. The Balaban J connectivity index is 1.74. The van der Waals surface area contributed by atoms with E-state index in [4.69, 9.17) is 4.74 Å². The summed E-state index contributed by atoms with van der Waals surface area (Å²) in [6.45, 7) is 2.23. The highest BCUT2D eigenvalue weighted by Crippen LogP contribution is 2.15. The number of thiophene rings is 1. The van der Waals surface area contributed by atoms with Crippen LogP contribution in [0, 0.1) is 0 Å². The fourth-order valence-corrected chi connectivity index (χ4v) is 2.26. The Morgan fingerprint density at radius 1 is 1.71 bits per heavy atom. The van der Waals surface area contributed by atoms with E-state index in [-0.39, 0.29) is 6.10 Å². The van der Waals surface area contributed by atoms with Gasteiger partial charge in [0, 0.05) is 19.2 Å². The molecule has 0 saturated carbocycles. The zero-order valence-corrected chi connectivity index (χ0v) is 8.80. The topological polar surface area (TPSA) is 41.5 Å². The van der Waals surface area contributed by atoms with Crippen LogP contribution in [0.25, 0.3) is 0 Å². The van der Waals surface area contributed by atoms with E-state index in [1.165, 1.54) is 0 Å². The molecule has 14 heavy (non-hydrogen) atoms. The maximum absolute atomic E-state index is 9.77. The smallest absolute Gasteiger partial charge is 0.0922 e. The minimum Gasteiger partial charge on any atom is -0.387 e. The minimum atomic E-state index is -0.387. The molecule has 4 heteroatoms. The number of aliphatic hydroxyl groups excluding tert-OH is 1. The van der Waals surface area contributed by atoms with Gasteiger partial charge >= 0.3 is 0 Å². The zero-order valence-electron chi connectivity index (χ0n) is 7.98. The fourth-order valence-electron chi connectivity index (χ4n) is 1.56. The molecule has 0 radical (unpaired) electrons. The van der Waals surface area contributed by atoms with Gasteiger partial charge in [-0.1, -0.05) is 0 Å². The van der Waals surface area contributed by atoms with Crippen LogP contribution in [0.3, 0.4) is 0 Å².